The second-order valence-corrected chi connectivity index (χ2v) is 10.1. The summed E-state index contributed by atoms with van der Waals surface area (Å²) >= 11 is 0. The number of anilines is 3. The highest BCUT2D eigenvalue weighted by Gasteiger charge is 2.19. The number of nitrogens with one attached hydrogen (secondary N) is 1. The van der Waals surface area contributed by atoms with Crippen LogP contribution in [-0.4, -0.2) is 62.0 Å². The molecule has 1 aliphatic rings. The Morgan fingerprint density at radius 1 is 1.11 bits per heavy atom. The Kier molecular flexibility index (Phi) is 6.90. The molecule has 0 amide bonds. The third-order valence-corrected chi connectivity index (χ3v) is 7.00. The number of piperazine rings is 1. The zero-order valence-corrected chi connectivity index (χ0v) is 22.4. The van der Waals surface area contributed by atoms with Crippen molar-refractivity contribution < 1.29 is 0 Å². The van der Waals surface area contributed by atoms with Crippen LogP contribution in [0.4, 0.5) is 17.3 Å². The molecule has 0 unspecified atom stereocenters. The smallest absolute Gasteiger partial charge is 0.278 e. The fraction of sp³-hybridized carbons (Fsp3) is 0.357. The normalized spacial score (nSPS) is 14.4. The lowest BCUT2D eigenvalue weighted by Crippen LogP contribution is -2.44. The quantitative estimate of drug-likeness (QED) is 0.378. The van der Waals surface area contributed by atoms with E-state index in [9.17, 15) is 9.59 Å². The predicted molar refractivity (Wildman–Crippen MR) is 152 cm³/mol. The number of aromatic nitrogens is 5. The summed E-state index contributed by atoms with van der Waals surface area (Å²) < 4.78 is 4.91. The third kappa shape index (κ3) is 4.74. The van der Waals surface area contributed by atoms with Crippen molar-refractivity contribution >= 4 is 28.4 Å². The van der Waals surface area contributed by atoms with E-state index < -0.39 is 0 Å². The molecule has 10 heteroatoms. The first-order chi connectivity index (χ1) is 18.3. The van der Waals surface area contributed by atoms with Crippen LogP contribution in [0, 0.1) is 6.92 Å². The minimum absolute atomic E-state index is 0.0345. The molecule has 1 N–H and O–H groups in total. The largest absolute Gasteiger partial charge is 0.369 e. The third-order valence-electron chi connectivity index (χ3n) is 7.00. The maximum atomic E-state index is 13.2. The minimum atomic E-state index is -0.221. The minimum Gasteiger partial charge on any atom is -0.369 e. The number of aryl methyl sites for hydroxylation is 1. The van der Waals surface area contributed by atoms with Gasteiger partial charge in [0.15, 0.2) is 5.65 Å². The number of fused-ring (bicyclic) bond motifs is 1. The summed E-state index contributed by atoms with van der Waals surface area (Å²) in [5, 5.41) is 3.69. The fourth-order valence-corrected chi connectivity index (χ4v) is 4.92. The van der Waals surface area contributed by atoms with Gasteiger partial charge in [0.2, 0.25) is 5.95 Å². The highest BCUT2D eigenvalue weighted by Crippen LogP contribution is 2.26. The Labute approximate surface area is 221 Å². The van der Waals surface area contributed by atoms with E-state index in [4.69, 9.17) is 4.98 Å². The van der Waals surface area contributed by atoms with Gasteiger partial charge in [0.05, 0.1) is 12.2 Å². The number of hydrogen-bond donors (Lipinski definition) is 1. The fourth-order valence-electron chi connectivity index (χ4n) is 4.92. The molecule has 0 saturated carbocycles. The molecule has 0 aliphatic carbocycles. The first kappa shape index (κ1) is 25.5. The monoisotopic (exact) mass is 514 g/mol. The van der Waals surface area contributed by atoms with Crippen LogP contribution in [0.3, 0.4) is 0 Å². The van der Waals surface area contributed by atoms with Crippen LogP contribution in [0.25, 0.3) is 16.7 Å². The lowest BCUT2D eigenvalue weighted by Gasteiger charge is -2.35. The molecule has 1 saturated heterocycles. The molecular formula is C28H34N8O2. The van der Waals surface area contributed by atoms with Crippen molar-refractivity contribution in [2.75, 3.05) is 43.4 Å². The summed E-state index contributed by atoms with van der Waals surface area (Å²) in [7, 11) is 2.15. The van der Waals surface area contributed by atoms with Gasteiger partial charge in [-0.1, -0.05) is 6.08 Å². The van der Waals surface area contributed by atoms with Crippen molar-refractivity contribution in [2.24, 2.45) is 0 Å². The van der Waals surface area contributed by atoms with E-state index in [0.717, 1.165) is 31.9 Å². The Bertz CT molecular complexity index is 1610. The van der Waals surface area contributed by atoms with E-state index >= 15 is 0 Å². The summed E-state index contributed by atoms with van der Waals surface area (Å²) in [5.41, 5.74) is 4.05. The van der Waals surface area contributed by atoms with Crippen molar-refractivity contribution in [1.29, 1.82) is 0 Å². The molecule has 5 rings (SSSR count). The molecule has 1 fully saturated rings. The first-order valence-electron chi connectivity index (χ1n) is 12.9. The second kappa shape index (κ2) is 10.3. The number of allylic oxidation sites excluding steroid dienone is 1. The number of benzene rings is 1. The van der Waals surface area contributed by atoms with Crippen LogP contribution in [0.15, 0.2) is 65.0 Å². The van der Waals surface area contributed by atoms with Gasteiger partial charge in [-0.2, -0.15) is 4.98 Å². The molecule has 1 aromatic carbocycles. The van der Waals surface area contributed by atoms with E-state index in [1.807, 2.05) is 19.9 Å². The number of rotatable bonds is 7. The molecule has 0 atom stereocenters. The summed E-state index contributed by atoms with van der Waals surface area (Å²) in [6, 6.07) is 9.43. The Morgan fingerprint density at radius 2 is 1.87 bits per heavy atom. The standard InChI is InChI=1S/C28H34N8O2/c1-6-11-35-27(38)23-17-29-28(31-26(23)36(35)22-8-10-25(37)34(18-22)19(2)3)30-21-7-9-24(20(4)16-21)33-14-12-32(5)13-15-33/h6-10,16-19H,1,11-15H2,2-5H3,(H,29,30,31). The average Bonchev–Trinajstić information content (AvgIpc) is 3.16. The number of nitrogens with zero attached hydrogens (tertiary/aromatic N) is 7. The van der Waals surface area contributed by atoms with Gasteiger partial charge >= 0.3 is 0 Å². The van der Waals surface area contributed by atoms with E-state index in [0.29, 0.717) is 22.7 Å². The maximum absolute atomic E-state index is 13.2. The Hall–Kier alpha value is -4.18. The first-order valence-corrected chi connectivity index (χ1v) is 12.9. The molecule has 0 bridgehead atoms. The molecule has 1 aliphatic heterocycles. The average molecular weight is 515 g/mol. The summed E-state index contributed by atoms with van der Waals surface area (Å²) in [5.74, 6) is 0.380. The van der Waals surface area contributed by atoms with Gasteiger partial charge in [-0.25, -0.2) is 14.3 Å². The molecule has 0 radical (unpaired) electrons. The summed E-state index contributed by atoms with van der Waals surface area (Å²) in [4.78, 5) is 39.5. The number of pyridine rings is 1. The van der Waals surface area contributed by atoms with Crippen LogP contribution in [-0.2, 0) is 6.54 Å². The molecular weight excluding hydrogens is 480 g/mol. The topological polar surface area (TPSA) is 93.2 Å². The number of likely N-dealkylation sites (N-methyl/N-ethyl adjacent to an activating group) is 1. The number of hydrogen-bond acceptors (Lipinski definition) is 7. The van der Waals surface area contributed by atoms with Crippen molar-refractivity contribution in [3.8, 4) is 5.69 Å². The van der Waals surface area contributed by atoms with Crippen LogP contribution < -0.4 is 21.3 Å². The lowest BCUT2D eigenvalue weighted by molar-refractivity contribution is 0.312. The van der Waals surface area contributed by atoms with Crippen LogP contribution in [0.5, 0.6) is 0 Å². The van der Waals surface area contributed by atoms with Crippen molar-refractivity contribution in [3.05, 3.63) is 81.7 Å². The van der Waals surface area contributed by atoms with Gasteiger partial charge in [-0.15, -0.1) is 6.58 Å². The van der Waals surface area contributed by atoms with Crippen molar-refractivity contribution in [1.82, 2.24) is 28.8 Å². The van der Waals surface area contributed by atoms with Gasteiger partial charge in [0.25, 0.3) is 11.1 Å². The highest BCUT2D eigenvalue weighted by atomic mass is 16.1. The Morgan fingerprint density at radius 3 is 2.55 bits per heavy atom. The molecule has 3 aromatic heterocycles. The summed E-state index contributed by atoms with van der Waals surface area (Å²) in [6.45, 7) is 14.2. The van der Waals surface area contributed by atoms with Gasteiger partial charge in [-0.3, -0.25) is 9.59 Å². The molecule has 198 valence electrons. The zero-order chi connectivity index (χ0) is 27.0. The van der Waals surface area contributed by atoms with Gasteiger partial charge in [-0.05, 0) is 57.6 Å². The van der Waals surface area contributed by atoms with Crippen LogP contribution >= 0.6 is 0 Å². The highest BCUT2D eigenvalue weighted by molar-refractivity contribution is 5.77. The molecule has 10 nitrogen and oxygen atoms in total. The van der Waals surface area contributed by atoms with E-state index in [-0.39, 0.29) is 23.7 Å². The molecule has 38 heavy (non-hydrogen) atoms. The maximum Gasteiger partial charge on any atom is 0.278 e. The lowest BCUT2D eigenvalue weighted by atomic mass is 10.1. The zero-order valence-electron chi connectivity index (χ0n) is 22.4. The van der Waals surface area contributed by atoms with Crippen molar-refractivity contribution in [2.45, 2.75) is 33.4 Å². The molecule has 0 spiro atoms. The van der Waals surface area contributed by atoms with Crippen LogP contribution in [0.2, 0.25) is 0 Å². The van der Waals surface area contributed by atoms with Crippen LogP contribution in [0.1, 0.15) is 25.5 Å². The van der Waals surface area contributed by atoms with E-state index in [1.165, 1.54) is 17.3 Å². The van der Waals surface area contributed by atoms with E-state index in [1.54, 1.807) is 38.5 Å². The molecule has 4 heterocycles. The van der Waals surface area contributed by atoms with E-state index in [2.05, 4.69) is 52.8 Å². The Balaban J connectivity index is 1.53. The second-order valence-electron chi connectivity index (χ2n) is 10.1. The summed E-state index contributed by atoms with van der Waals surface area (Å²) in [6.07, 6.45) is 4.96. The van der Waals surface area contributed by atoms with Crippen molar-refractivity contribution in [3.63, 3.8) is 0 Å². The SMILES string of the molecule is C=CCn1c(=O)c2cnc(Nc3ccc(N4CCN(C)CC4)c(C)c3)nc2n1-c1ccc(=O)n(C(C)C)c1. The van der Waals surface area contributed by atoms with Gasteiger partial charge < -0.3 is 19.7 Å². The van der Waals surface area contributed by atoms with Gasteiger partial charge in [0.1, 0.15) is 5.39 Å². The van der Waals surface area contributed by atoms with Gasteiger partial charge in [0, 0.05) is 62.1 Å². The predicted octanol–water partition coefficient (Wildman–Crippen LogP) is 3.31. The molecule has 4 aromatic rings.